The first-order chi connectivity index (χ1) is 5.59. The van der Waals surface area contributed by atoms with Crippen LogP contribution in [-0.4, -0.2) is 48.7 Å². The summed E-state index contributed by atoms with van der Waals surface area (Å²) in [7, 11) is 3.67. The van der Waals surface area contributed by atoms with Gasteiger partial charge in [-0.05, 0) is 40.0 Å². The van der Waals surface area contributed by atoms with Crippen molar-refractivity contribution in [1.29, 1.82) is 0 Å². The van der Waals surface area contributed by atoms with Crippen LogP contribution in [0.25, 0.3) is 0 Å². The summed E-state index contributed by atoms with van der Waals surface area (Å²) in [4.78, 5) is 12.9. The monoisotopic (exact) mass is 172 g/mol. The van der Waals surface area contributed by atoms with Crippen LogP contribution in [0.1, 0.15) is 12.8 Å². The van der Waals surface area contributed by atoms with Gasteiger partial charge in [-0.3, -0.25) is 9.69 Å². The number of rotatable bonds is 2. The Balaban J connectivity index is 2.77. The molecule has 0 unspecified atom stereocenters. The smallest absolute Gasteiger partial charge is 0.324 e. The zero-order valence-electron chi connectivity index (χ0n) is 7.63. The Kier molecular flexibility index (Phi) is 2.69. The molecule has 1 aliphatic rings. The zero-order valence-corrected chi connectivity index (χ0v) is 7.63. The molecule has 0 aromatic carbocycles. The van der Waals surface area contributed by atoms with Crippen molar-refractivity contribution in [1.82, 2.24) is 10.2 Å². The molecule has 1 aliphatic heterocycles. The Morgan fingerprint density at radius 3 is 2.17 bits per heavy atom. The molecule has 0 spiro atoms. The maximum absolute atomic E-state index is 11.0. The highest BCUT2D eigenvalue weighted by Gasteiger charge is 2.41. The summed E-state index contributed by atoms with van der Waals surface area (Å²) >= 11 is 0. The van der Waals surface area contributed by atoms with Crippen molar-refractivity contribution in [2.24, 2.45) is 0 Å². The number of nitrogens with one attached hydrogen (secondary N) is 1. The van der Waals surface area contributed by atoms with E-state index in [1.54, 1.807) is 0 Å². The molecule has 4 nitrogen and oxygen atoms in total. The molecule has 0 aromatic heterocycles. The Hall–Kier alpha value is -0.610. The number of aliphatic carboxylic acids is 1. The molecule has 1 rings (SSSR count). The molecule has 0 bridgehead atoms. The number of likely N-dealkylation sites (N-methyl/N-ethyl adjacent to an activating group) is 1. The first kappa shape index (κ1) is 9.48. The molecule has 70 valence electrons. The number of carboxylic acids is 1. The maximum atomic E-state index is 11.0. The zero-order chi connectivity index (χ0) is 9.19. The Morgan fingerprint density at radius 1 is 1.42 bits per heavy atom. The number of hydrogen-bond donors (Lipinski definition) is 2. The van der Waals surface area contributed by atoms with Crippen molar-refractivity contribution < 1.29 is 9.90 Å². The standard InChI is InChI=1S/C8H16N2O2/c1-10(2)8(7(11)12)3-5-9-6-4-8/h9H,3-6H2,1-2H3,(H,11,12). The first-order valence-electron chi connectivity index (χ1n) is 4.21. The average molecular weight is 172 g/mol. The molecular weight excluding hydrogens is 156 g/mol. The van der Waals surface area contributed by atoms with E-state index in [0.29, 0.717) is 12.8 Å². The second-order valence-corrected chi connectivity index (χ2v) is 3.48. The third-order valence-electron chi connectivity index (χ3n) is 2.68. The molecule has 12 heavy (non-hydrogen) atoms. The Labute approximate surface area is 72.6 Å². The second kappa shape index (κ2) is 3.41. The largest absolute Gasteiger partial charge is 0.480 e. The minimum absolute atomic E-state index is 0.634. The molecule has 0 aromatic rings. The van der Waals surface area contributed by atoms with Gasteiger partial charge in [0.05, 0.1) is 0 Å². The molecule has 1 fully saturated rings. The molecular formula is C8H16N2O2. The minimum Gasteiger partial charge on any atom is -0.480 e. The number of carboxylic acid groups (broad SMARTS) is 1. The average Bonchev–Trinajstić information content (AvgIpc) is 2.05. The van der Waals surface area contributed by atoms with Crippen LogP contribution < -0.4 is 5.32 Å². The highest BCUT2D eigenvalue weighted by molar-refractivity contribution is 5.78. The Morgan fingerprint density at radius 2 is 1.92 bits per heavy atom. The summed E-state index contributed by atoms with van der Waals surface area (Å²) in [6.45, 7) is 1.59. The topological polar surface area (TPSA) is 52.6 Å². The minimum atomic E-state index is -0.700. The summed E-state index contributed by atoms with van der Waals surface area (Å²) < 4.78 is 0. The number of nitrogens with zero attached hydrogens (tertiary/aromatic N) is 1. The fourth-order valence-electron chi connectivity index (χ4n) is 1.69. The lowest BCUT2D eigenvalue weighted by atomic mass is 9.87. The van der Waals surface area contributed by atoms with E-state index in [9.17, 15) is 4.79 Å². The number of carbonyl (C=O) groups is 1. The SMILES string of the molecule is CN(C)C1(C(=O)O)CCNCC1. The van der Waals surface area contributed by atoms with Gasteiger partial charge >= 0.3 is 5.97 Å². The van der Waals surface area contributed by atoms with Crippen LogP contribution in [0.15, 0.2) is 0 Å². The van der Waals surface area contributed by atoms with Crippen LogP contribution >= 0.6 is 0 Å². The van der Waals surface area contributed by atoms with Gasteiger partial charge in [0.25, 0.3) is 0 Å². The normalized spacial score (nSPS) is 22.6. The van der Waals surface area contributed by atoms with Crippen molar-refractivity contribution >= 4 is 5.97 Å². The lowest BCUT2D eigenvalue weighted by Crippen LogP contribution is -2.56. The van der Waals surface area contributed by atoms with Gasteiger partial charge < -0.3 is 10.4 Å². The van der Waals surface area contributed by atoms with Gasteiger partial charge in [0, 0.05) is 0 Å². The van der Waals surface area contributed by atoms with Gasteiger partial charge in [-0.15, -0.1) is 0 Å². The quantitative estimate of drug-likeness (QED) is 0.603. The fourth-order valence-corrected chi connectivity index (χ4v) is 1.69. The molecule has 1 heterocycles. The highest BCUT2D eigenvalue weighted by atomic mass is 16.4. The number of piperidine rings is 1. The van der Waals surface area contributed by atoms with E-state index < -0.39 is 11.5 Å². The van der Waals surface area contributed by atoms with E-state index in [0.717, 1.165) is 13.1 Å². The summed E-state index contributed by atoms with van der Waals surface area (Å²) in [6.07, 6.45) is 1.38. The molecule has 0 atom stereocenters. The van der Waals surface area contributed by atoms with E-state index in [1.165, 1.54) is 0 Å². The van der Waals surface area contributed by atoms with Gasteiger partial charge in [0.15, 0.2) is 0 Å². The summed E-state index contributed by atoms with van der Waals surface area (Å²) in [5, 5.41) is 12.2. The molecule has 1 saturated heterocycles. The van der Waals surface area contributed by atoms with Crippen LogP contribution in [0.2, 0.25) is 0 Å². The predicted octanol–water partition coefficient (Wildman–Crippen LogP) is -0.245. The van der Waals surface area contributed by atoms with Gasteiger partial charge in [-0.1, -0.05) is 0 Å². The Bertz CT molecular complexity index is 174. The summed E-state index contributed by atoms with van der Waals surface area (Å²) in [5.74, 6) is -0.700. The molecule has 2 N–H and O–H groups in total. The fraction of sp³-hybridized carbons (Fsp3) is 0.875. The van der Waals surface area contributed by atoms with E-state index in [1.807, 2.05) is 19.0 Å². The molecule has 0 saturated carbocycles. The third-order valence-corrected chi connectivity index (χ3v) is 2.68. The summed E-state index contributed by atoms with van der Waals surface area (Å²) in [5.41, 5.74) is -0.634. The van der Waals surface area contributed by atoms with Gasteiger partial charge in [-0.25, -0.2) is 0 Å². The van der Waals surface area contributed by atoms with Gasteiger partial charge in [0.2, 0.25) is 0 Å². The molecule has 4 heteroatoms. The molecule has 0 amide bonds. The van der Waals surface area contributed by atoms with Crippen molar-refractivity contribution in [3.05, 3.63) is 0 Å². The number of hydrogen-bond acceptors (Lipinski definition) is 3. The van der Waals surface area contributed by atoms with Crippen molar-refractivity contribution in [3.63, 3.8) is 0 Å². The first-order valence-corrected chi connectivity index (χ1v) is 4.21. The second-order valence-electron chi connectivity index (χ2n) is 3.48. The highest BCUT2D eigenvalue weighted by Crippen LogP contribution is 2.23. The van der Waals surface area contributed by atoms with E-state index in [-0.39, 0.29) is 0 Å². The van der Waals surface area contributed by atoms with Crippen LogP contribution in [0.4, 0.5) is 0 Å². The van der Waals surface area contributed by atoms with Crippen LogP contribution in [0.3, 0.4) is 0 Å². The third kappa shape index (κ3) is 1.44. The molecule has 0 radical (unpaired) electrons. The maximum Gasteiger partial charge on any atom is 0.324 e. The summed E-state index contributed by atoms with van der Waals surface area (Å²) in [6, 6.07) is 0. The van der Waals surface area contributed by atoms with Crippen molar-refractivity contribution in [2.75, 3.05) is 27.2 Å². The van der Waals surface area contributed by atoms with Gasteiger partial charge in [-0.2, -0.15) is 0 Å². The van der Waals surface area contributed by atoms with Gasteiger partial charge in [0.1, 0.15) is 5.54 Å². The van der Waals surface area contributed by atoms with E-state index >= 15 is 0 Å². The van der Waals surface area contributed by atoms with Crippen LogP contribution in [0, 0.1) is 0 Å². The predicted molar refractivity (Wildman–Crippen MR) is 46.2 cm³/mol. The van der Waals surface area contributed by atoms with Crippen LogP contribution in [0.5, 0.6) is 0 Å². The van der Waals surface area contributed by atoms with Crippen molar-refractivity contribution in [2.45, 2.75) is 18.4 Å². The van der Waals surface area contributed by atoms with E-state index in [2.05, 4.69) is 5.32 Å². The van der Waals surface area contributed by atoms with Crippen LogP contribution in [-0.2, 0) is 4.79 Å². The lowest BCUT2D eigenvalue weighted by Gasteiger charge is -2.39. The lowest BCUT2D eigenvalue weighted by molar-refractivity contribution is -0.151. The molecule has 0 aliphatic carbocycles. The van der Waals surface area contributed by atoms with Crippen molar-refractivity contribution in [3.8, 4) is 0 Å². The van der Waals surface area contributed by atoms with E-state index in [4.69, 9.17) is 5.11 Å².